The average molecular weight is 357 g/mol. The van der Waals surface area contributed by atoms with Gasteiger partial charge >= 0.3 is 0 Å². The monoisotopic (exact) mass is 356 g/mol. The second-order valence-electron chi connectivity index (χ2n) is 7.29. The molecule has 4 heteroatoms. The molecule has 1 saturated carbocycles. The Hall–Kier alpha value is -1.65. The Labute approximate surface area is 155 Å². The number of benzene rings is 1. The molecule has 0 saturated heterocycles. The van der Waals surface area contributed by atoms with Crippen molar-refractivity contribution in [2.24, 2.45) is 0 Å². The van der Waals surface area contributed by atoms with Crippen molar-refractivity contribution in [2.45, 2.75) is 51.2 Å². The summed E-state index contributed by atoms with van der Waals surface area (Å²) in [5, 5.41) is 4.25. The van der Waals surface area contributed by atoms with Crippen molar-refractivity contribution in [3.8, 4) is 0 Å². The van der Waals surface area contributed by atoms with Crippen LogP contribution in [0.25, 0.3) is 0 Å². The fraction of sp³-hybridized carbons (Fsp3) is 0.476. The van der Waals surface area contributed by atoms with Crippen LogP contribution >= 0.6 is 11.3 Å². The van der Waals surface area contributed by atoms with E-state index in [1.54, 1.807) is 11.3 Å². The fourth-order valence-electron chi connectivity index (χ4n) is 3.62. The molecule has 3 nitrogen and oxygen atoms in total. The first-order chi connectivity index (χ1) is 12.1. The summed E-state index contributed by atoms with van der Waals surface area (Å²) in [7, 11) is 4.12. The van der Waals surface area contributed by atoms with Crippen LogP contribution in [-0.2, 0) is 13.1 Å². The van der Waals surface area contributed by atoms with Gasteiger partial charge in [-0.2, -0.15) is 11.3 Å². The average Bonchev–Trinajstić information content (AvgIpc) is 3.13. The van der Waals surface area contributed by atoms with Gasteiger partial charge in [0.1, 0.15) is 0 Å². The van der Waals surface area contributed by atoms with E-state index in [2.05, 4.69) is 52.9 Å². The third kappa shape index (κ3) is 4.93. The van der Waals surface area contributed by atoms with Gasteiger partial charge in [-0.05, 0) is 67.0 Å². The van der Waals surface area contributed by atoms with Crippen LogP contribution in [0, 0.1) is 0 Å². The molecule has 1 aliphatic rings. The first-order valence-electron chi connectivity index (χ1n) is 9.19. The topological polar surface area (TPSA) is 23.6 Å². The quantitative estimate of drug-likeness (QED) is 0.743. The number of hydrogen-bond acceptors (Lipinski definition) is 3. The summed E-state index contributed by atoms with van der Waals surface area (Å²) in [6.07, 6.45) is 6.04. The minimum Gasteiger partial charge on any atom is -0.331 e. The van der Waals surface area contributed by atoms with Gasteiger partial charge in [-0.3, -0.25) is 4.79 Å². The molecule has 1 aliphatic carbocycles. The Balaban J connectivity index is 1.77. The highest BCUT2D eigenvalue weighted by Crippen LogP contribution is 2.26. The standard InChI is InChI=1S/C21H28N2OS/c1-22(2)14-17-8-10-19(11-9-17)21(24)23(15-18-12-13-25-16-18)20-6-4-3-5-7-20/h8-13,16,20H,3-7,14-15H2,1-2H3. The van der Waals surface area contributed by atoms with Crippen LogP contribution < -0.4 is 0 Å². The van der Waals surface area contributed by atoms with Gasteiger partial charge in [0, 0.05) is 24.7 Å². The van der Waals surface area contributed by atoms with Crippen LogP contribution in [0.4, 0.5) is 0 Å². The van der Waals surface area contributed by atoms with Gasteiger partial charge in [-0.25, -0.2) is 0 Å². The van der Waals surface area contributed by atoms with E-state index in [-0.39, 0.29) is 5.91 Å². The lowest BCUT2D eigenvalue weighted by atomic mass is 9.93. The zero-order valence-corrected chi connectivity index (χ0v) is 16.1. The largest absolute Gasteiger partial charge is 0.331 e. The predicted octanol–water partition coefficient (Wildman–Crippen LogP) is 4.78. The minimum atomic E-state index is 0.175. The molecule has 1 aromatic heterocycles. The van der Waals surface area contributed by atoms with Crippen LogP contribution in [0.1, 0.15) is 53.6 Å². The van der Waals surface area contributed by atoms with Gasteiger partial charge < -0.3 is 9.80 Å². The molecular weight excluding hydrogens is 328 g/mol. The minimum absolute atomic E-state index is 0.175. The Morgan fingerprint density at radius 1 is 1.00 bits per heavy atom. The molecule has 0 aliphatic heterocycles. The van der Waals surface area contributed by atoms with E-state index in [0.29, 0.717) is 6.04 Å². The van der Waals surface area contributed by atoms with Gasteiger partial charge in [0.25, 0.3) is 5.91 Å². The van der Waals surface area contributed by atoms with E-state index in [4.69, 9.17) is 0 Å². The van der Waals surface area contributed by atoms with Crippen molar-refractivity contribution in [2.75, 3.05) is 14.1 Å². The molecule has 1 fully saturated rings. The summed E-state index contributed by atoms with van der Waals surface area (Å²) in [6, 6.07) is 10.7. The zero-order chi connectivity index (χ0) is 17.6. The van der Waals surface area contributed by atoms with Gasteiger partial charge in [0.15, 0.2) is 0 Å². The third-order valence-corrected chi connectivity index (χ3v) is 5.64. The van der Waals surface area contributed by atoms with Crippen molar-refractivity contribution >= 4 is 17.2 Å². The van der Waals surface area contributed by atoms with Gasteiger partial charge in [-0.15, -0.1) is 0 Å². The molecule has 25 heavy (non-hydrogen) atoms. The number of thiophene rings is 1. The maximum atomic E-state index is 13.2. The highest BCUT2D eigenvalue weighted by molar-refractivity contribution is 7.07. The molecule has 0 unspecified atom stereocenters. The maximum Gasteiger partial charge on any atom is 0.254 e. The van der Waals surface area contributed by atoms with Crippen molar-refractivity contribution in [3.05, 3.63) is 57.8 Å². The first-order valence-corrected chi connectivity index (χ1v) is 10.1. The highest BCUT2D eigenvalue weighted by Gasteiger charge is 2.26. The predicted molar refractivity (Wildman–Crippen MR) is 105 cm³/mol. The summed E-state index contributed by atoms with van der Waals surface area (Å²) < 4.78 is 0. The molecule has 2 aromatic rings. The summed E-state index contributed by atoms with van der Waals surface area (Å²) in [6.45, 7) is 1.63. The van der Waals surface area contributed by atoms with E-state index >= 15 is 0 Å². The van der Waals surface area contributed by atoms with Crippen LogP contribution in [0.3, 0.4) is 0 Å². The van der Waals surface area contributed by atoms with E-state index in [1.165, 1.54) is 30.4 Å². The van der Waals surface area contributed by atoms with Crippen molar-refractivity contribution in [1.82, 2.24) is 9.80 Å². The van der Waals surface area contributed by atoms with E-state index in [1.807, 2.05) is 12.1 Å². The highest BCUT2D eigenvalue weighted by atomic mass is 32.1. The summed E-state index contributed by atoms with van der Waals surface area (Å²) in [5.41, 5.74) is 3.29. The van der Waals surface area contributed by atoms with Crippen molar-refractivity contribution < 1.29 is 4.79 Å². The second kappa shape index (κ2) is 8.63. The van der Waals surface area contributed by atoms with Crippen molar-refractivity contribution in [1.29, 1.82) is 0 Å². The zero-order valence-electron chi connectivity index (χ0n) is 15.3. The third-order valence-electron chi connectivity index (χ3n) is 4.91. The Kier molecular flexibility index (Phi) is 6.27. The number of carbonyl (C=O) groups excluding carboxylic acids is 1. The summed E-state index contributed by atoms with van der Waals surface area (Å²) in [4.78, 5) is 17.5. The molecule has 0 spiro atoms. The second-order valence-corrected chi connectivity index (χ2v) is 8.07. The van der Waals surface area contributed by atoms with Crippen LogP contribution in [-0.4, -0.2) is 35.8 Å². The van der Waals surface area contributed by atoms with E-state index < -0.39 is 0 Å². The lowest BCUT2D eigenvalue weighted by molar-refractivity contribution is 0.0614. The summed E-state index contributed by atoms with van der Waals surface area (Å²) >= 11 is 1.70. The molecule has 3 rings (SSSR count). The normalized spacial score (nSPS) is 15.5. The molecule has 134 valence electrons. The Morgan fingerprint density at radius 3 is 2.32 bits per heavy atom. The first kappa shape index (κ1) is 18.2. The number of rotatable bonds is 6. The number of amides is 1. The molecule has 1 aromatic carbocycles. The lowest BCUT2D eigenvalue weighted by Gasteiger charge is -2.34. The Bertz CT molecular complexity index is 658. The number of hydrogen-bond donors (Lipinski definition) is 0. The fourth-order valence-corrected chi connectivity index (χ4v) is 4.28. The number of nitrogens with zero attached hydrogens (tertiary/aromatic N) is 2. The Morgan fingerprint density at radius 2 is 1.72 bits per heavy atom. The molecule has 1 heterocycles. The van der Waals surface area contributed by atoms with Gasteiger partial charge in [0.05, 0.1) is 0 Å². The van der Waals surface area contributed by atoms with Crippen LogP contribution in [0.15, 0.2) is 41.1 Å². The lowest BCUT2D eigenvalue weighted by Crippen LogP contribution is -2.40. The van der Waals surface area contributed by atoms with E-state index in [0.717, 1.165) is 31.5 Å². The van der Waals surface area contributed by atoms with Crippen LogP contribution in [0.2, 0.25) is 0 Å². The molecular formula is C21H28N2OS. The van der Waals surface area contributed by atoms with Crippen molar-refractivity contribution in [3.63, 3.8) is 0 Å². The maximum absolute atomic E-state index is 13.2. The molecule has 1 amide bonds. The molecule has 0 atom stereocenters. The van der Waals surface area contributed by atoms with E-state index in [9.17, 15) is 4.79 Å². The molecule has 0 N–H and O–H groups in total. The SMILES string of the molecule is CN(C)Cc1ccc(C(=O)N(Cc2ccsc2)C2CCCCC2)cc1. The molecule has 0 radical (unpaired) electrons. The number of carbonyl (C=O) groups is 1. The van der Waals surface area contributed by atoms with Gasteiger partial charge in [-0.1, -0.05) is 31.4 Å². The smallest absolute Gasteiger partial charge is 0.254 e. The molecule has 0 bridgehead atoms. The van der Waals surface area contributed by atoms with Crippen LogP contribution in [0.5, 0.6) is 0 Å². The summed E-state index contributed by atoms with van der Waals surface area (Å²) in [5.74, 6) is 0.175. The van der Waals surface area contributed by atoms with Gasteiger partial charge in [0.2, 0.25) is 0 Å².